The van der Waals surface area contributed by atoms with Crippen LogP contribution < -0.4 is 10.6 Å². The van der Waals surface area contributed by atoms with E-state index in [4.69, 9.17) is 0 Å². The third-order valence-corrected chi connectivity index (χ3v) is 6.17. The van der Waals surface area contributed by atoms with Crippen LogP contribution >= 0.6 is 12.4 Å². The van der Waals surface area contributed by atoms with Gasteiger partial charge < -0.3 is 10.6 Å². The third-order valence-electron chi connectivity index (χ3n) is 4.92. The average Bonchev–Trinajstić information content (AvgIpc) is 3.05. The molecule has 0 aromatic heterocycles. The molecule has 140 valence electrons. The smallest absolute Gasteiger partial charge is 0.224 e. The van der Waals surface area contributed by atoms with Crippen molar-refractivity contribution in [3.63, 3.8) is 0 Å². The molecule has 1 aromatic rings. The Bertz CT molecular complexity index is 718. The van der Waals surface area contributed by atoms with E-state index in [2.05, 4.69) is 10.6 Å². The average molecular weight is 388 g/mol. The number of hydrogen-bond donors (Lipinski definition) is 2. The summed E-state index contributed by atoms with van der Waals surface area (Å²) >= 11 is 0. The second kappa shape index (κ2) is 8.49. The van der Waals surface area contributed by atoms with Crippen molar-refractivity contribution in [2.24, 2.45) is 5.92 Å². The summed E-state index contributed by atoms with van der Waals surface area (Å²) in [6.45, 7) is 2.91. The van der Waals surface area contributed by atoms with Crippen LogP contribution in [0.5, 0.6) is 0 Å². The van der Waals surface area contributed by atoms with Gasteiger partial charge in [-0.2, -0.15) is 4.31 Å². The summed E-state index contributed by atoms with van der Waals surface area (Å²) in [4.78, 5) is 12.2. The molecule has 0 spiro atoms. The zero-order valence-corrected chi connectivity index (χ0v) is 16.1. The van der Waals surface area contributed by atoms with E-state index in [0.717, 1.165) is 42.7 Å². The minimum atomic E-state index is -3.18. The lowest BCUT2D eigenvalue weighted by Gasteiger charge is -2.28. The van der Waals surface area contributed by atoms with E-state index in [-0.39, 0.29) is 18.3 Å². The third kappa shape index (κ3) is 5.17. The highest BCUT2D eigenvalue weighted by molar-refractivity contribution is 7.88. The summed E-state index contributed by atoms with van der Waals surface area (Å²) < 4.78 is 24.9. The molecule has 1 aromatic carbocycles. The molecule has 1 unspecified atom stereocenters. The maximum Gasteiger partial charge on any atom is 0.224 e. The van der Waals surface area contributed by atoms with Crippen molar-refractivity contribution < 1.29 is 13.2 Å². The van der Waals surface area contributed by atoms with Crippen molar-refractivity contribution >= 4 is 34.0 Å². The number of halogens is 1. The van der Waals surface area contributed by atoms with Gasteiger partial charge in [-0.3, -0.25) is 4.79 Å². The number of carbonyl (C=O) groups excluding carboxylic acids is 1. The summed E-state index contributed by atoms with van der Waals surface area (Å²) in [6.07, 6.45) is 4.46. The Kier molecular flexibility index (Phi) is 6.85. The van der Waals surface area contributed by atoms with Crippen molar-refractivity contribution in [3.8, 4) is 0 Å². The normalized spacial score (nSPS) is 20.6. The maximum atomic E-state index is 12.2. The molecule has 0 saturated carbocycles. The summed E-state index contributed by atoms with van der Waals surface area (Å²) in [7, 11) is -3.18. The molecule has 0 radical (unpaired) electrons. The van der Waals surface area contributed by atoms with Crippen LogP contribution in [0.4, 0.5) is 5.69 Å². The van der Waals surface area contributed by atoms with Crippen molar-refractivity contribution in [1.82, 2.24) is 9.62 Å². The number of hydrogen-bond acceptors (Lipinski definition) is 4. The number of carbonyl (C=O) groups is 1. The van der Waals surface area contributed by atoms with Crippen LogP contribution in [0.1, 0.15) is 30.4 Å². The van der Waals surface area contributed by atoms with Crippen molar-refractivity contribution in [2.75, 3.05) is 31.2 Å². The summed E-state index contributed by atoms with van der Waals surface area (Å²) in [6, 6.07) is 5.72. The van der Waals surface area contributed by atoms with Gasteiger partial charge in [0.1, 0.15) is 0 Å². The van der Waals surface area contributed by atoms with E-state index in [1.54, 1.807) is 0 Å². The van der Waals surface area contributed by atoms with Crippen LogP contribution in [0.25, 0.3) is 0 Å². The molecule has 0 aliphatic carbocycles. The highest BCUT2D eigenvalue weighted by Gasteiger charge is 2.25. The van der Waals surface area contributed by atoms with Gasteiger partial charge in [0.05, 0.1) is 6.26 Å². The standard InChI is InChI=1S/C17H25N3O3S.ClH/c1-24(22,23)20-10-8-15-14(12-20)3-2-4-16(15)19-17(21)6-5-13-7-9-18-11-13;/h2-4,13,18H,5-12H2,1H3,(H,19,21);1H. The SMILES string of the molecule is CS(=O)(=O)N1CCc2c(cccc2NC(=O)CCC2CCNC2)C1.Cl. The van der Waals surface area contributed by atoms with E-state index >= 15 is 0 Å². The summed E-state index contributed by atoms with van der Waals surface area (Å²) in [5, 5.41) is 6.34. The monoisotopic (exact) mass is 387 g/mol. The van der Waals surface area contributed by atoms with E-state index in [9.17, 15) is 13.2 Å². The Balaban J connectivity index is 0.00000225. The molecule has 2 N–H and O–H groups in total. The molecule has 0 bridgehead atoms. The van der Waals surface area contributed by atoms with Crippen LogP contribution in [0.2, 0.25) is 0 Å². The van der Waals surface area contributed by atoms with Crippen LogP contribution in [0, 0.1) is 5.92 Å². The number of rotatable bonds is 5. The number of nitrogens with zero attached hydrogens (tertiary/aromatic N) is 1. The number of nitrogens with one attached hydrogen (secondary N) is 2. The largest absolute Gasteiger partial charge is 0.326 e. The minimum absolute atomic E-state index is 0. The molecule has 8 heteroatoms. The van der Waals surface area contributed by atoms with Crippen LogP contribution in [0.15, 0.2) is 18.2 Å². The number of anilines is 1. The molecule has 6 nitrogen and oxygen atoms in total. The Hall–Kier alpha value is -1.15. The van der Waals surface area contributed by atoms with E-state index < -0.39 is 10.0 Å². The molecule has 2 heterocycles. The summed E-state index contributed by atoms with van der Waals surface area (Å²) in [5.41, 5.74) is 2.87. The van der Waals surface area contributed by atoms with Crippen LogP contribution in [-0.4, -0.2) is 44.5 Å². The fourth-order valence-corrected chi connectivity index (χ4v) is 4.29. The van der Waals surface area contributed by atoms with Crippen LogP contribution in [-0.2, 0) is 27.8 Å². The number of benzene rings is 1. The Morgan fingerprint density at radius 1 is 1.40 bits per heavy atom. The molecule has 1 atom stereocenters. The molecule has 1 amide bonds. The van der Waals surface area contributed by atoms with Crippen molar-refractivity contribution in [2.45, 2.75) is 32.2 Å². The molecule has 1 saturated heterocycles. The second-order valence-corrected chi connectivity index (χ2v) is 8.72. The lowest BCUT2D eigenvalue weighted by Crippen LogP contribution is -2.35. The fourth-order valence-electron chi connectivity index (χ4n) is 3.49. The van der Waals surface area contributed by atoms with Gasteiger partial charge in [-0.05, 0) is 55.5 Å². The Morgan fingerprint density at radius 3 is 2.88 bits per heavy atom. The predicted molar refractivity (Wildman–Crippen MR) is 101 cm³/mol. The molecular weight excluding hydrogens is 362 g/mol. The Morgan fingerprint density at radius 2 is 2.20 bits per heavy atom. The van der Waals surface area contributed by atoms with Gasteiger partial charge in [-0.25, -0.2) is 8.42 Å². The van der Waals surface area contributed by atoms with E-state index in [1.807, 2.05) is 18.2 Å². The van der Waals surface area contributed by atoms with Gasteiger partial charge in [-0.15, -0.1) is 12.4 Å². The predicted octanol–water partition coefficient (Wildman–Crippen LogP) is 1.75. The van der Waals surface area contributed by atoms with Gasteiger partial charge in [0, 0.05) is 25.2 Å². The molecule has 25 heavy (non-hydrogen) atoms. The number of amides is 1. The quantitative estimate of drug-likeness (QED) is 0.806. The minimum Gasteiger partial charge on any atom is -0.326 e. The lowest BCUT2D eigenvalue weighted by atomic mass is 9.98. The zero-order chi connectivity index (χ0) is 17.2. The van der Waals surface area contributed by atoms with Gasteiger partial charge >= 0.3 is 0 Å². The maximum absolute atomic E-state index is 12.2. The first-order chi connectivity index (χ1) is 11.4. The first-order valence-corrected chi connectivity index (χ1v) is 10.3. The van der Waals surface area contributed by atoms with Gasteiger partial charge in [-0.1, -0.05) is 12.1 Å². The second-order valence-electron chi connectivity index (χ2n) is 6.74. The summed E-state index contributed by atoms with van der Waals surface area (Å²) in [5.74, 6) is 0.643. The number of sulfonamides is 1. The molecular formula is C17H26ClN3O3S. The first-order valence-electron chi connectivity index (χ1n) is 8.50. The lowest BCUT2D eigenvalue weighted by molar-refractivity contribution is -0.116. The van der Waals surface area contributed by atoms with Gasteiger partial charge in [0.15, 0.2) is 0 Å². The first kappa shape index (κ1) is 20.2. The molecule has 3 rings (SSSR count). The highest BCUT2D eigenvalue weighted by Crippen LogP contribution is 2.27. The highest BCUT2D eigenvalue weighted by atomic mass is 35.5. The van der Waals surface area contributed by atoms with E-state index in [1.165, 1.54) is 10.6 Å². The molecule has 2 aliphatic rings. The number of fused-ring (bicyclic) bond motifs is 1. The molecule has 1 fully saturated rings. The van der Waals surface area contributed by atoms with Gasteiger partial charge in [0.2, 0.25) is 15.9 Å². The van der Waals surface area contributed by atoms with Crippen molar-refractivity contribution in [3.05, 3.63) is 29.3 Å². The zero-order valence-electron chi connectivity index (χ0n) is 14.5. The van der Waals surface area contributed by atoms with Crippen molar-refractivity contribution in [1.29, 1.82) is 0 Å². The van der Waals surface area contributed by atoms with E-state index in [0.29, 0.717) is 31.8 Å². The van der Waals surface area contributed by atoms with Crippen LogP contribution in [0.3, 0.4) is 0 Å². The van der Waals surface area contributed by atoms with Gasteiger partial charge in [0.25, 0.3) is 0 Å². The topological polar surface area (TPSA) is 78.5 Å². The molecule has 2 aliphatic heterocycles. The fraction of sp³-hybridized carbons (Fsp3) is 0.588. The Labute approximate surface area is 155 Å².